The van der Waals surface area contributed by atoms with Gasteiger partial charge in [-0.25, -0.2) is 14.4 Å². The van der Waals surface area contributed by atoms with E-state index in [9.17, 15) is 4.39 Å². The molecule has 82 valence electrons. The number of phenols is 1. The highest BCUT2D eigenvalue weighted by atomic mass is 35.5. The fourth-order valence-electron chi connectivity index (χ4n) is 1.13. The third-order valence-electron chi connectivity index (χ3n) is 1.90. The molecule has 0 spiro atoms. The second-order valence-electron chi connectivity index (χ2n) is 2.99. The summed E-state index contributed by atoms with van der Waals surface area (Å²) in [4.78, 5) is 7.49. The number of aromatic hydroxyl groups is 1. The smallest absolute Gasteiger partial charge is 0.197 e. The van der Waals surface area contributed by atoms with Gasteiger partial charge in [-0.15, -0.1) is 0 Å². The molecule has 6 heteroatoms. The lowest BCUT2D eigenvalue weighted by atomic mass is 10.2. The number of hydrogen-bond donors (Lipinski definition) is 1. The van der Waals surface area contributed by atoms with E-state index in [0.29, 0.717) is 5.56 Å². The van der Waals surface area contributed by atoms with Gasteiger partial charge < -0.3 is 5.11 Å². The molecular weight excluding hydrogens is 254 g/mol. The average Bonchev–Trinajstić information content (AvgIpc) is 2.26. The highest BCUT2D eigenvalue weighted by Gasteiger charge is 2.12. The second kappa shape index (κ2) is 4.23. The third kappa shape index (κ3) is 2.08. The molecule has 0 saturated carbocycles. The molecule has 16 heavy (non-hydrogen) atoms. The van der Waals surface area contributed by atoms with Gasteiger partial charge in [0.2, 0.25) is 0 Å². The molecule has 1 N–H and O–H groups in total. The Hall–Kier alpha value is -1.39. The van der Waals surface area contributed by atoms with Gasteiger partial charge >= 0.3 is 0 Å². The monoisotopic (exact) mass is 258 g/mol. The van der Waals surface area contributed by atoms with Crippen LogP contribution in [0.15, 0.2) is 24.3 Å². The van der Waals surface area contributed by atoms with Crippen LogP contribution in [0.2, 0.25) is 10.3 Å². The van der Waals surface area contributed by atoms with Gasteiger partial charge in [0, 0.05) is 5.56 Å². The minimum Gasteiger partial charge on any atom is -0.508 e. The summed E-state index contributed by atoms with van der Waals surface area (Å²) in [6.45, 7) is 0. The van der Waals surface area contributed by atoms with Gasteiger partial charge in [-0.3, -0.25) is 0 Å². The highest BCUT2D eigenvalue weighted by molar-refractivity contribution is 6.33. The molecule has 1 heterocycles. The predicted octanol–water partition coefficient (Wildman–Crippen LogP) is 3.30. The van der Waals surface area contributed by atoms with Crippen LogP contribution in [0.5, 0.6) is 5.75 Å². The van der Waals surface area contributed by atoms with Crippen molar-refractivity contribution >= 4 is 23.2 Å². The molecule has 0 bridgehead atoms. The van der Waals surface area contributed by atoms with Crippen molar-refractivity contribution in [1.29, 1.82) is 0 Å². The Kier molecular flexibility index (Phi) is 2.94. The summed E-state index contributed by atoms with van der Waals surface area (Å²) in [5.74, 6) is -0.523. The average molecular weight is 259 g/mol. The first-order chi connectivity index (χ1) is 7.58. The number of nitrogens with zero attached hydrogens (tertiary/aromatic N) is 2. The molecule has 0 atom stereocenters. The Bertz CT molecular complexity index is 508. The van der Waals surface area contributed by atoms with Gasteiger partial charge in [0.15, 0.2) is 21.9 Å². The zero-order valence-electron chi connectivity index (χ0n) is 7.78. The second-order valence-corrected chi connectivity index (χ2v) is 3.71. The zero-order valence-corrected chi connectivity index (χ0v) is 9.30. The summed E-state index contributed by atoms with van der Waals surface area (Å²) in [5, 5.41) is 8.44. The molecule has 1 aromatic carbocycles. The van der Waals surface area contributed by atoms with Gasteiger partial charge in [0.05, 0.1) is 0 Å². The molecule has 0 radical (unpaired) electrons. The maximum Gasteiger partial charge on any atom is 0.197 e. The van der Waals surface area contributed by atoms with Gasteiger partial charge in [-0.1, -0.05) is 23.2 Å². The van der Waals surface area contributed by atoms with Crippen molar-refractivity contribution in [1.82, 2.24) is 9.97 Å². The van der Waals surface area contributed by atoms with E-state index in [1.165, 1.54) is 12.1 Å². The molecule has 1 aromatic heterocycles. The van der Waals surface area contributed by atoms with Crippen molar-refractivity contribution in [2.45, 2.75) is 0 Å². The van der Waals surface area contributed by atoms with Crippen molar-refractivity contribution in [3.05, 3.63) is 40.4 Å². The molecule has 3 nitrogen and oxygen atoms in total. The minimum atomic E-state index is -0.842. The number of halogens is 3. The van der Waals surface area contributed by atoms with E-state index in [-0.39, 0.29) is 21.9 Å². The van der Waals surface area contributed by atoms with Crippen molar-refractivity contribution in [3.8, 4) is 17.1 Å². The molecule has 0 aliphatic heterocycles. The van der Waals surface area contributed by atoms with E-state index in [4.69, 9.17) is 28.3 Å². The van der Waals surface area contributed by atoms with Crippen LogP contribution in [0.4, 0.5) is 4.39 Å². The molecule has 2 rings (SSSR count). The molecular formula is C10H5Cl2FN2O. The lowest BCUT2D eigenvalue weighted by Gasteiger charge is -2.02. The van der Waals surface area contributed by atoms with E-state index in [1.54, 1.807) is 12.1 Å². The molecule has 0 aliphatic rings. The van der Waals surface area contributed by atoms with Crippen LogP contribution in [0.3, 0.4) is 0 Å². The summed E-state index contributed by atoms with van der Waals surface area (Å²) in [6.07, 6.45) is 0. The zero-order chi connectivity index (χ0) is 11.7. The SMILES string of the molecule is Oc1ccc(-c2nc(Cl)c(F)c(Cl)n2)cc1. The summed E-state index contributed by atoms with van der Waals surface area (Å²) >= 11 is 11.1. The first kappa shape index (κ1) is 11.1. The van der Waals surface area contributed by atoms with Crippen LogP contribution in [0, 0.1) is 5.82 Å². The van der Waals surface area contributed by atoms with Gasteiger partial charge in [0.1, 0.15) is 5.75 Å². The van der Waals surface area contributed by atoms with Crippen LogP contribution in [0.25, 0.3) is 11.4 Å². The number of rotatable bonds is 1. The molecule has 2 aromatic rings. The quantitative estimate of drug-likeness (QED) is 0.799. The van der Waals surface area contributed by atoms with Gasteiger partial charge in [-0.2, -0.15) is 0 Å². The lowest BCUT2D eigenvalue weighted by molar-refractivity contribution is 0.475. The summed E-state index contributed by atoms with van der Waals surface area (Å²) in [7, 11) is 0. The topological polar surface area (TPSA) is 46.0 Å². The minimum absolute atomic E-state index is 0.114. The Balaban J connectivity index is 2.52. The van der Waals surface area contributed by atoms with E-state index in [2.05, 4.69) is 9.97 Å². The standard InChI is InChI=1S/C10H5Cl2FN2O/c11-8-7(13)9(12)15-10(14-8)5-1-3-6(16)4-2-5/h1-4,16H. The number of hydrogen-bond acceptors (Lipinski definition) is 3. The maximum absolute atomic E-state index is 13.1. The van der Waals surface area contributed by atoms with Crippen LogP contribution in [0.1, 0.15) is 0 Å². The van der Waals surface area contributed by atoms with Gasteiger partial charge in [-0.05, 0) is 24.3 Å². The number of phenolic OH excluding ortho intramolecular Hbond substituents is 1. The van der Waals surface area contributed by atoms with Crippen molar-refractivity contribution in [3.63, 3.8) is 0 Å². The molecule has 0 fully saturated rings. The fraction of sp³-hybridized carbons (Fsp3) is 0. The Morgan fingerprint density at radius 2 is 1.50 bits per heavy atom. The van der Waals surface area contributed by atoms with Gasteiger partial charge in [0.25, 0.3) is 0 Å². The third-order valence-corrected chi connectivity index (χ3v) is 2.40. The Morgan fingerprint density at radius 3 is 2.00 bits per heavy atom. The first-order valence-electron chi connectivity index (χ1n) is 4.26. The van der Waals surface area contributed by atoms with E-state index in [0.717, 1.165) is 0 Å². The highest BCUT2D eigenvalue weighted by Crippen LogP contribution is 2.24. The van der Waals surface area contributed by atoms with Crippen LogP contribution < -0.4 is 0 Å². The summed E-state index contributed by atoms with van der Waals surface area (Å²) in [5.41, 5.74) is 0.585. The van der Waals surface area contributed by atoms with E-state index < -0.39 is 5.82 Å². The van der Waals surface area contributed by atoms with Crippen LogP contribution in [-0.4, -0.2) is 15.1 Å². The Morgan fingerprint density at radius 1 is 1.00 bits per heavy atom. The summed E-state index contributed by atoms with van der Waals surface area (Å²) < 4.78 is 13.1. The molecule has 0 saturated heterocycles. The van der Waals surface area contributed by atoms with Crippen molar-refractivity contribution < 1.29 is 9.50 Å². The van der Waals surface area contributed by atoms with Crippen molar-refractivity contribution in [2.24, 2.45) is 0 Å². The summed E-state index contributed by atoms with van der Waals surface area (Å²) in [6, 6.07) is 6.08. The van der Waals surface area contributed by atoms with Crippen LogP contribution in [-0.2, 0) is 0 Å². The maximum atomic E-state index is 13.1. The number of benzene rings is 1. The predicted molar refractivity (Wildman–Crippen MR) is 59.1 cm³/mol. The van der Waals surface area contributed by atoms with Crippen LogP contribution >= 0.6 is 23.2 Å². The van der Waals surface area contributed by atoms with Crippen molar-refractivity contribution in [2.75, 3.05) is 0 Å². The fourth-order valence-corrected chi connectivity index (χ4v) is 1.52. The first-order valence-corrected chi connectivity index (χ1v) is 5.01. The normalized spacial score (nSPS) is 10.4. The lowest BCUT2D eigenvalue weighted by Crippen LogP contribution is -1.94. The Labute approximate surface area is 100 Å². The van der Waals surface area contributed by atoms with E-state index in [1.807, 2.05) is 0 Å². The molecule has 0 aliphatic carbocycles. The molecule has 0 unspecified atom stereocenters. The number of aromatic nitrogens is 2. The largest absolute Gasteiger partial charge is 0.508 e. The van der Waals surface area contributed by atoms with E-state index >= 15 is 0 Å². The molecule has 0 amide bonds.